The maximum atomic E-state index is 13.0. The summed E-state index contributed by atoms with van der Waals surface area (Å²) in [4.78, 5) is 15.1. The number of likely N-dealkylation sites (tertiary alicyclic amines) is 1. The first-order chi connectivity index (χ1) is 10.7. The summed E-state index contributed by atoms with van der Waals surface area (Å²) >= 11 is 0. The molecule has 118 valence electrons. The molecule has 4 unspecified atom stereocenters. The first kappa shape index (κ1) is 14.2. The zero-order valence-electron chi connectivity index (χ0n) is 13.0. The summed E-state index contributed by atoms with van der Waals surface area (Å²) in [7, 11) is 0. The van der Waals surface area contributed by atoms with Crippen molar-refractivity contribution in [3.8, 4) is 0 Å². The van der Waals surface area contributed by atoms with Crippen LogP contribution in [0, 0.1) is 17.7 Å². The van der Waals surface area contributed by atoms with Gasteiger partial charge in [-0.25, -0.2) is 4.39 Å². The van der Waals surface area contributed by atoms with E-state index in [1.54, 1.807) is 0 Å². The largest absolute Gasteiger partial charge is 0.339 e. The van der Waals surface area contributed by atoms with E-state index in [-0.39, 0.29) is 11.7 Å². The van der Waals surface area contributed by atoms with E-state index in [2.05, 4.69) is 4.90 Å². The van der Waals surface area contributed by atoms with E-state index in [1.165, 1.54) is 50.7 Å². The normalized spacial score (nSPS) is 34.1. The van der Waals surface area contributed by atoms with Gasteiger partial charge < -0.3 is 4.90 Å². The highest BCUT2D eigenvalue weighted by Gasteiger charge is 2.48. The molecule has 2 nitrogen and oxygen atoms in total. The molecular formula is C19H24FNO. The molecule has 1 aromatic carbocycles. The molecular weight excluding hydrogens is 277 g/mol. The predicted octanol–water partition coefficient (Wildman–Crippen LogP) is 4.11. The van der Waals surface area contributed by atoms with Gasteiger partial charge in [-0.05, 0) is 61.6 Å². The number of hydrogen-bond donors (Lipinski definition) is 0. The SMILES string of the molecule is O=C(C1CC1c1ccc(F)cc1)N1CCCC2CCCCC21. The zero-order chi connectivity index (χ0) is 15.1. The second-order valence-electron chi connectivity index (χ2n) is 7.29. The Bertz CT molecular complexity index is 553. The lowest BCUT2D eigenvalue weighted by atomic mass is 9.78. The van der Waals surface area contributed by atoms with Gasteiger partial charge in [0.1, 0.15) is 5.82 Å². The lowest BCUT2D eigenvalue weighted by molar-refractivity contribution is -0.139. The second-order valence-corrected chi connectivity index (χ2v) is 7.29. The Kier molecular flexibility index (Phi) is 3.67. The first-order valence-electron chi connectivity index (χ1n) is 8.80. The second kappa shape index (κ2) is 5.68. The van der Waals surface area contributed by atoms with Crippen molar-refractivity contribution in [3.63, 3.8) is 0 Å². The van der Waals surface area contributed by atoms with E-state index in [1.807, 2.05) is 12.1 Å². The van der Waals surface area contributed by atoms with Crippen LogP contribution in [0.5, 0.6) is 0 Å². The fourth-order valence-electron chi connectivity index (χ4n) is 4.66. The van der Waals surface area contributed by atoms with Crippen LogP contribution in [0.4, 0.5) is 4.39 Å². The fourth-order valence-corrected chi connectivity index (χ4v) is 4.66. The number of carbonyl (C=O) groups is 1. The van der Waals surface area contributed by atoms with Gasteiger partial charge in [0.15, 0.2) is 0 Å². The number of benzene rings is 1. The van der Waals surface area contributed by atoms with Gasteiger partial charge in [0.2, 0.25) is 5.91 Å². The van der Waals surface area contributed by atoms with Gasteiger partial charge in [0.25, 0.3) is 0 Å². The molecule has 4 atom stereocenters. The summed E-state index contributed by atoms with van der Waals surface area (Å²) in [5.74, 6) is 1.37. The summed E-state index contributed by atoms with van der Waals surface area (Å²) in [5.41, 5.74) is 1.12. The molecule has 1 saturated heterocycles. The van der Waals surface area contributed by atoms with Gasteiger partial charge in [-0.3, -0.25) is 4.79 Å². The van der Waals surface area contributed by atoms with Crippen molar-refractivity contribution in [2.45, 2.75) is 56.9 Å². The third-order valence-electron chi connectivity index (χ3n) is 5.93. The minimum atomic E-state index is -0.201. The first-order valence-corrected chi connectivity index (χ1v) is 8.80. The van der Waals surface area contributed by atoms with E-state index in [9.17, 15) is 9.18 Å². The lowest BCUT2D eigenvalue weighted by Crippen LogP contribution is -2.50. The van der Waals surface area contributed by atoms with Crippen LogP contribution in [0.25, 0.3) is 0 Å². The number of piperidine rings is 1. The van der Waals surface area contributed by atoms with Gasteiger partial charge >= 0.3 is 0 Å². The number of hydrogen-bond acceptors (Lipinski definition) is 1. The molecule has 3 fully saturated rings. The van der Waals surface area contributed by atoms with Crippen LogP contribution in [0.1, 0.15) is 56.4 Å². The quantitative estimate of drug-likeness (QED) is 0.805. The summed E-state index contributed by atoms with van der Waals surface area (Å²) in [6.45, 7) is 0.951. The molecule has 22 heavy (non-hydrogen) atoms. The monoisotopic (exact) mass is 301 g/mol. The lowest BCUT2D eigenvalue weighted by Gasteiger charge is -2.44. The highest BCUT2D eigenvalue weighted by Crippen LogP contribution is 2.49. The van der Waals surface area contributed by atoms with Crippen LogP contribution in [-0.2, 0) is 4.79 Å². The molecule has 0 radical (unpaired) electrons. The van der Waals surface area contributed by atoms with Crippen molar-refractivity contribution < 1.29 is 9.18 Å². The number of halogens is 1. The molecule has 0 N–H and O–H groups in total. The van der Waals surface area contributed by atoms with Crippen LogP contribution < -0.4 is 0 Å². The van der Waals surface area contributed by atoms with Gasteiger partial charge in [-0.15, -0.1) is 0 Å². The van der Waals surface area contributed by atoms with Gasteiger partial charge in [-0.2, -0.15) is 0 Å². The molecule has 3 aliphatic rings. The Morgan fingerprint density at radius 1 is 1.05 bits per heavy atom. The summed E-state index contributed by atoms with van der Waals surface area (Å²) in [6, 6.07) is 7.20. The number of amides is 1. The van der Waals surface area contributed by atoms with E-state index in [0.29, 0.717) is 17.9 Å². The zero-order valence-corrected chi connectivity index (χ0v) is 13.0. The van der Waals surface area contributed by atoms with Gasteiger partial charge in [0.05, 0.1) is 0 Å². The van der Waals surface area contributed by atoms with E-state index in [0.717, 1.165) is 24.4 Å². The van der Waals surface area contributed by atoms with Crippen LogP contribution in [0.3, 0.4) is 0 Å². The molecule has 1 heterocycles. The van der Waals surface area contributed by atoms with Crippen molar-refractivity contribution >= 4 is 5.91 Å². The van der Waals surface area contributed by atoms with Gasteiger partial charge in [-0.1, -0.05) is 25.0 Å². The van der Waals surface area contributed by atoms with Crippen molar-refractivity contribution in [3.05, 3.63) is 35.6 Å². The topological polar surface area (TPSA) is 20.3 Å². The minimum absolute atomic E-state index is 0.145. The number of fused-ring (bicyclic) bond motifs is 1. The van der Waals surface area contributed by atoms with E-state index >= 15 is 0 Å². The molecule has 0 aromatic heterocycles. The molecule has 2 aliphatic carbocycles. The van der Waals surface area contributed by atoms with Crippen LogP contribution in [0.15, 0.2) is 24.3 Å². The minimum Gasteiger partial charge on any atom is -0.339 e. The number of rotatable bonds is 2. The summed E-state index contributed by atoms with van der Waals surface area (Å²) in [6.07, 6.45) is 8.53. The summed E-state index contributed by atoms with van der Waals surface area (Å²) in [5, 5.41) is 0. The van der Waals surface area contributed by atoms with E-state index < -0.39 is 0 Å². The van der Waals surface area contributed by atoms with Gasteiger partial charge in [0, 0.05) is 18.5 Å². The Morgan fingerprint density at radius 3 is 2.59 bits per heavy atom. The number of carbonyl (C=O) groups excluding carboxylic acids is 1. The van der Waals surface area contributed by atoms with Crippen molar-refractivity contribution in [2.75, 3.05) is 6.54 Å². The molecule has 1 aromatic rings. The molecule has 1 amide bonds. The Morgan fingerprint density at radius 2 is 1.77 bits per heavy atom. The molecule has 1 aliphatic heterocycles. The van der Waals surface area contributed by atoms with Crippen molar-refractivity contribution in [1.29, 1.82) is 0 Å². The Balaban J connectivity index is 1.45. The smallest absolute Gasteiger partial charge is 0.226 e. The molecule has 4 rings (SSSR count). The Hall–Kier alpha value is -1.38. The molecule has 0 spiro atoms. The Labute approximate surface area is 131 Å². The third kappa shape index (κ3) is 2.55. The molecule has 3 heteroatoms. The number of nitrogens with zero attached hydrogens (tertiary/aromatic N) is 1. The third-order valence-corrected chi connectivity index (χ3v) is 5.93. The van der Waals surface area contributed by atoms with Crippen LogP contribution in [-0.4, -0.2) is 23.4 Å². The molecule has 0 bridgehead atoms. The average molecular weight is 301 g/mol. The predicted molar refractivity (Wildman–Crippen MR) is 83.9 cm³/mol. The average Bonchev–Trinajstić information content (AvgIpc) is 3.35. The van der Waals surface area contributed by atoms with Crippen molar-refractivity contribution in [2.24, 2.45) is 11.8 Å². The highest BCUT2D eigenvalue weighted by molar-refractivity contribution is 5.83. The standard InChI is InChI=1S/C19H24FNO/c20-15-9-7-13(8-10-15)16-12-17(16)19(22)21-11-3-5-14-4-1-2-6-18(14)21/h7-10,14,16-18H,1-6,11-12H2. The fraction of sp³-hybridized carbons (Fsp3) is 0.632. The highest BCUT2D eigenvalue weighted by atomic mass is 19.1. The molecule has 2 saturated carbocycles. The maximum absolute atomic E-state index is 13.0. The van der Waals surface area contributed by atoms with Crippen LogP contribution in [0.2, 0.25) is 0 Å². The van der Waals surface area contributed by atoms with E-state index in [4.69, 9.17) is 0 Å². The van der Waals surface area contributed by atoms with Crippen LogP contribution >= 0.6 is 0 Å². The summed E-state index contributed by atoms with van der Waals surface area (Å²) < 4.78 is 13.0. The van der Waals surface area contributed by atoms with Crippen molar-refractivity contribution in [1.82, 2.24) is 4.90 Å². The maximum Gasteiger partial charge on any atom is 0.226 e.